The number of carbonyl (C=O) groups excluding carboxylic acids is 3. The molecule has 8 atom stereocenters. The van der Waals surface area contributed by atoms with Crippen molar-refractivity contribution in [2.45, 2.75) is 80.6 Å². The molecule has 1 saturated heterocycles. The number of aliphatic hydroxyl groups excluding tert-OH is 2. The Kier molecular flexibility index (Phi) is 7.01. The maximum absolute atomic E-state index is 12.9. The Morgan fingerprint density at radius 2 is 1.83 bits per heavy atom. The Morgan fingerprint density at radius 1 is 1.15 bits per heavy atom. The largest absolute Gasteiger partial charge is 0.504 e. The third kappa shape index (κ3) is 4.24. The maximum Gasteiger partial charge on any atom is 0.343 e. The molecule has 222 valence electrons. The summed E-state index contributed by atoms with van der Waals surface area (Å²) in [5.74, 6) is -5.23. The number of carboxylic acids is 1. The van der Waals surface area contributed by atoms with E-state index in [1.807, 2.05) is 7.05 Å². The average Bonchev–Trinajstić information content (AvgIpc) is 3.28. The predicted octanol–water partition coefficient (Wildman–Crippen LogP) is -1.54. The van der Waals surface area contributed by atoms with Crippen LogP contribution in [0.3, 0.4) is 0 Å². The van der Waals surface area contributed by atoms with Gasteiger partial charge in [0.25, 0.3) is 5.91 Å². The monoisotopic (exact) mass is 576 g/mol. The van der Waals surface area contributed by atoms with Crippen molar-refractivity contribution in [2.24, 2.45) is 0 Å². The lowest BCUT2D eigenvalue weighted by Crippen LogP contribution is -2.74. The van der Waals surface area contributed by atoms with E-state index < -0.39 is 65.3 Å². The molecule has 4 aliphatic rings. The number of carbonyl (C=O) groups is 4. The number of hydrogen-bond acceptors (Lipinski definition) is 12. The maximum atomic E-state index is 12.9. The van der Waals surface area contributed by atoms with E-state index >= 15 is 0 Å². The fourth-order valence-electron chi connectivity index (χ4n) is 6.56. The minimum Gasteiger partial charge on any atom is -0.504 e. The van der Waals surface area contributed by atoms with Crippen LogP contribution in [0.4, 0.5) is 0 Å². The highest BCUT2D eigenvalue weighted by Gasteiger charge is 2.72. The summed E-state index contributed by atoms with van der Waals surface area (Å²) in [6.45, 7) is 2.90. The number of aromatic hydroxyl groups is 1. The average molecular weight is 577 g/mol. The van der Waals surface area contributed by atoms with Gasteiger partial charge in [0, 0.05) is 18.0 Å². The molecule has 1 aromatic carbocycles. The fourth-order valence-corrected chi connectivity index (χ4v) is 6.56. The number of phenolic OH excluding ortho intramolecular Hbond substituents is 1. The first kappa shape index (κ1) is 28.8. The van der Waals surface area contributed by atoms with Crippen molar-refractivity contribution >= 4 is 23.8 Å². The van der Waals surface area contributed by atoms with Crippen molar-refractivity contribution < 1.29 is 58.9 Å². The van der Waals surface area contributed by atoms with E-state index in [0.29, 0.717) is 24.9 Å². The molecular weight excluding hydrogens is 544 g/mol. The van der Waals surface area contributed by atoms with Crippen molar-refractivity contribution in [3.8, 4) is 11.5 Å². The molecule has 41 heavy (non-hydrogen) atoms. The van der Waals surface area contributed by atoms with Gasteiger partial charge in [-0.15, -0.1) is 0 Å². The van der Waals surface area contributed by atoms with E-state index in [4.69, 9.17) is 19.3 Å². The Morgan fingerprint density at radius 3 is 2.51 bits per heavy atom. The van der Waals surface area contributed by atoms with Gasteiger partial charge in [-0.1, -0.05) is 6.07 Å². The Hall–Kier alpha value is -3.72. The van der Waals surface area contributed by atoms with Gasteiger partial charge in [0.2, 0.25) is 0 Å². The first-order valence-electron chi connectivity index (χ1n) is 13.2. The molecule has 2 bridgehead atoms. The summed E-state index contributed by atoms with van der Waals surface area (Å²) in [6.07, 6.45) is -4.97. The van der Waals surface area contributed by atoms with E-state index in [1.54, 1.807) is 6.07 Å². The van der Waals surface area contributed by atoms with Crippen LogP contribution in [0, 0.1) is 0 Å². The molecule has 6 N–H and O–H groups in total. The lowest BCUT2D eigenvalue weighted by atomic mass is 9.50. The number of aliphatic hydroxyl groups is 3. The molecule has 1 amide bonds. The van der Waals surface area contributed by atoms with E-state index in [9.17, 15) is 39.6 Å². The number of piperidine rings is 1. The molecule has 0 radical (unpaired) electrons. The normalized spacial score (nSPS) is 30.4. The van der Waals surface area contributed by atoms with E-state index in [0.717, 1.165) is 12.5 Å². The highest BCUT2D eigenvalue weighted by atomic mass is 16.6. The number of ether oxygens (including phenoxy) is 3. The highest BCUT2D eigenvalue weighted by Crippen LogP contribution is 2.65. The number of aliphatic carboxylic acids is 1. The van der Waals surface area contributed by atoms with E-state index in [2.05, 4.69) is 10.2 Å². The highest BCUT2D eigenvalue weighted by molar-refractivity contribution is 5.90. The standard InChI is InChI=1S/C27H32N2O12/c1-11(23(34)35)28-22(33)12(2)39-24(36)18(31)19(32)25(37)40-15-6-7-27(38)16-10-13-4-5-14(30)20-17(13)26(27,21(15)41-20)8-9-29(16)3/h4-6,11-12,16,18-19,21,30-32,38H,7-10H2,1-3H3,(H,28,33)(H,34,35)/t11-,12-,16+,18+,19+,21-,26-,27+/m0/s1. The summed E-state index contributed by atoms with van der Waals surface area (Å²) < 4.78 is 16.4. The minimum absolute atomic E-state index is 0.0542. The molecule has 0 aromatic heterocycles. The third-order valence-electron chi connectivity index (χ3n) is 8.75. The number of carboxylic acid groups (broad SMARTS) is 1. The molecule has 1 aromatic rings. The van der Waals surface area contributed by atoms with E-state index in [-0.39, 0.29) is 29.7 Å². The SMILES string of the molecule is C[C@H](NC(=O)[C@H](C)OC(=O)[C@H](O)[C@@H](O)C(=O)OC1=CC[C@@]2(O)[C@H]3Cc4ccc(O)c5c4[C@@]2(CCN3C)[C@H]1O5)C(=O)O. The summed E-state index contributed by atoms with van der Waals surface area (Å²) in [5, 5.41) is 54.4. The van der Waals surface area contributed by atoms with Crippen molar-refractivity contribution in [1.82, 2.24) is 10.2 Å². The second-order valence-corrected chi connectivity index (χ2v) is 11.1. The van der Waals surface area contributed by atoms with Crippen LogP contribution in [0.2, 0.25) is 0 Å². The first-order chi connectivity index (χ1) is 19.2. The van der Waals surface area contributed by atoms with Crippen LogP contribution in [0.5, 0.6) is 11.5 Å². The number of likely N-dealkylation sites (tertiary alicyclic amines) is 1. The predicted molar refractivity (Wildman–Crippen MR) is 135 cm³/mol. The van der Waals surface area contributed by atoms with Crippen molar-refractivity contribution in [3.05, 3.63) is 35.1 Å². The van der Waals surface area contributed by atoms with Crippen LogP contribution in [-0.4, -0.2) is 110 Å². The molecular formula is C27H32N2O12. The number of esters is 2. The number of benzene rings is 1. The summed E-state index contributed by atoms with van der Waals surface area (Å²) in [7, 11) is 1.92. The zero-order valence-corrected chi connectivity index (χ0v) is 22.6. The van der Waals surface area contributed by atoms with Gasteiger partial charge in [0.1, 0.15) is 11.8 Å². The molecule has 2 aliphatic carbocycles. The summed E-state index contributed by atoms with van der Waals surface area (Å²) in [6, 6.07) is 1.74. The topological polar surface area (TPSA) is 212 Å². The molecule has 0 unspecified atom stereocenters. The zero-order valence-electron chi connectivity index (χ0n) is 22.6. The lowest BCUT2D eigenvalue weighted by molar-refractivity contribution is -0.181. The van der Waals surface area contributed by atoms with Crippen LogP contribution in [0.1, 0.15) is 37.8 Å². The summed E-state index contributed by atoms with van der Waals surface area (Å²) in [4.78, 5) is 50.2. The van der Waals surface area contributed by atoms with Gasteiger partial charge in [-0.25, -0.2) is 9.59 Å². The number of hydrogen-bond donors (Lipinski definition) is 6. The summed E-state index contributed by atoms with van der Waals surface area (Å²) in [5.41, 5.74) is -0.828. The Labute approximate surface area is 234 Å². The van der Waals surface area contributed by atoms with Crippen molar-refractivity contribution in [2.75, 3.05) is 13.6 Å². The zero-order chi connectivity index (χ0) is 30.0. The Balaban J connectivity index is 1.33. The van der Waals surface area contributed by atoms with Crippen LogP contribution >= 0.6 is 0 Å². The molecule has 0 saturated carbocycles. The van der Waals surface area contributed by atoms with Gasteiger partial charge in [-0.3, -0.25) is 9.59 Å². The minimum atomic E-state index is -2.44. The fraction of sp³-hybridized carbons (Fsp3) is 0.556. The number of likely N-dealkylation sites (N-methyl/N-ethyl adjacent to an activating group) is 1. The van der Waals surface area contributed by atoms with Gasteiger partial charge >= 0.3 is 17.9 Å². The first-order valence-corrected chi connectivity index (χ1v) is 13.2. The van der Waals surface area contributed by atoms with Crippen LogP contribution in [0.15, 0.2) is 24.0 Å². The van der Waals surface area contributed by atoms with Crippen LogP contribution < -0.4 is 10.1 Å². The van der Waals surface area contributed by atoms with Gasteiger partial charge in [0.15, 0.2) is 35.9 Å². The second-order valence-electron chi connectivity index (χ2n) is 11.1. The quantitative estimate of drug-likeness (QED) is 0.194. The molecule has 1 fully saturated rings. The third-order valence-corrected chi connectivity index (χ3v) is 8.75. The molecule has 5 rings (SSSR count). The molecule has 14 nitrogen and oxygen atoms in total. The van der Waals surface area contributed by atoms with Gasteiger partial charge < -0.3 is 50.0 Å². The molecule has 1 spiro atoms. The van der Waals surface area contributed by atoms with Crippen LogP contribution in [0.25, 0.3) is 0 Å². The van der Waals surface area contributed by atoms with Crippen molar-refractivity contribution in [1.29, 1.82) is 0 Å². The van der Waals surface area contributed by atoms with Gasteiger partial charge in [0.05, 0.1) is 11.0 Å². The Bertz CT molecular complexity index is 1350. The molecule has 2 aliphatic heterocycles. The second kappa shape index (κ2) is 9.98. The number of amides is 1. The number of phenols is 1. The number of rotatable bonds is 8. The lowest BCUT2D eigenvalue weighted by Gasteiger charge is -2.61. The molecule has 2 heterocycles. The summed E-state index contributed by atoms with van der Waals surface area (Å²) >= 11 is 0. The number of nitrogens with zero attached hydrogens (tertiary/aromatic N) is 1. The van der Waals surface area contributed by atoms with Gasteiger partial charge in [-0.05, 0) is 58.0 Å². The molecule has 14 heteroatoms. The van der Waals surface area contributed by atoms with Gasteiger partial charge in [-0.2, -0.15) is 0 Å². The smallest absolute Gasteiger partial charge is 0.343 e. The van der Waals surface area contributed by atoms with E-state index in [1.165, 1.54) is 19.1 Å². The van der Waals surface area contributed by atoms with Crippen molar-refractivity contribution in [3.63, 3.8) is 0 Å². The number of nitrogens with one attached hydrogen (secondary N) is 1. The van der Waals surface area contributed by atoms with Crippen LogP contribution in [-0.2, 0) is 40.5 Å².